The summed E-state index contributed by atoms with van der Waals surface area (Å²) in [5, 5.41) is 0. The summed E-state index contributed by atoms with van der Waals surface area (Å²) in [6.45, 7) is 0.921. The van der Waals surface area contributed by atoms with E-state index in [1.54, 1.807) is 0 Å². The third-order valence-electron chi connectivity index (χ3n) is 2.65. The molecule has 0 aliphatic rings. The predicted molar refractivity (Wildman–Crippen MR) is 81.8 cm³/mol. The zero-order valence-corrected chi connectivity index (χ0v) is 12.1. The van der Waals surface area contributed by atoms with Crippen molar-refractivity contribution in [1.82, 2.24) is 0 Å². The molecule has 2 rings (SSSR count). The van der Waals surface area contributed by atoms with Gasteiger partial charge in [0.05, 0.1) is 0 Å². The van der Waals surface area contributed by atoms with E-state index in [9.17, 15) is 4.55 Å². The number of ether oxygens (including phenoxy) is 2. The van der Waals surface area contributed by atoms with Gasteiger partial charge in [0.15, 0.2) is 0 Å². The van der Waals surface area contributed by atoms with Crippen LogP contribution in [-0.4, -0.2) is 29.3 Å². The standard InChI is InChI=1S/C16H18O3S/c17-20(13-11-18-15-7-3-1-4-8-15)14-12-19-16-9-5-2-6-10-16/h1-10H,11-14H2. The minimum Gasteiger partial charge on any atom is -0.616 e. The summed E-state index contributed by atoms with van der Waals surface area (Å²) in [4.78, 5) is 0. The molecule has 106 valence electrons. The Kier molecular flexibility index (Phi) is 6.27. The summed E-state index contributed by atoms with van der Waals surface area (Å²) in [5.74, 6) is 2.66. The molecule has 0 aliphatic heterocycles. The van der Waals surface area contributed by atoms with Crippen LogP contribution in [0.4, 0.5) is 0 Å². The third-order valence-corrected chi connectivity index (χ3v) is 3.89. The summed E-state index contributed by atoms with van der Waals surface area (Å²) in [7, 11) is 0. The molecule has 0 saturated heterocycles. The van der Waals surface area contributed by atoms with Crippen molar-refractivity contribution in [2.45, 2.75) is 0 Å². The molecule has 0 atom stereocenters. The number of rotatable bonds is 8. The zero-order valence-electron chi connectivity index (χ0n) is 11.2. The molecule has 0 N–H and O–H groups in total. The lowest BCUT2D eigenvalue weighted by atomic mass is 10.3. The molecule has 0 bridgehead atoms. The molecule has 3 nitrogen and oxygen atoms in total. The molecule has 0 heterocycles. The van der Waals surface area contributed by atoms with Crippen molar-refractivity contribution in [1.29, 1.82) is 0 Å². The first kappa shape index (κ1) is 14.8. The Morgan fingerprint density at radius 3 is 1.50 bits per heavy atom. The average Bonchev–Trinajstić information content (AvgIpc) is 2.49. The highest BCUT2D eigenvalue weighted by Gasteiger charge is 2.07. The highest BCUT2D eigenvalue weighted by Crippen LogP contribution is 2.09. The number of benzene rings is 2. The first-order valence-corrected chi connectivity index (χ1v) is 8.04. The van der Waals surface area contributed by atoms with E-state index in [1.807, 2.05) is 60.7 Å². The van der Waals surface area contributed by atoms with Gasteiger partial charge in [-0.25, -0.2) is 0 Å². The van der Waals surface area contributed by atoms with Crippen LogP contribution >= 0.6 is 0 Å². The van der Waals surface area contributed by atoms with Gasteiger partial charge in [0.25, 0.3) is 0 Å². The molecule has 2 aromatic carbocycles. The maximum atomic E-state index is 11.8. The van der Waals surface area contributed by atoms with E-state index in [2.05, 4.69) is 0 Å². The Morgan fingerprint density at radius 2 is 1.10 bits per heavy atom. The van der Waals surface area contributed by atoms with Gasteiger partial charge in [0.2, 0.25) is 0 Å². The molecule has 0 aromatic heterocycles. The zero-order chi connectivity index (χ0) is 14.0. The van der Waals surface area contributed by atoms with E-state index in [4.69, 9.17) is 9.47 Å². The number of para-hydroxylation sites is 2. The van der Waals surface area contributed by atoms with E-state index >= 15 is 0 Å². The summed E-state index contributed by atoms with van der Waals surface area (Å²) < 4.78 is 22.8. The molecule has 0 radical (unpaired) electrons. The molecule has 4 heteroatoms. The molecule has 0 fully saturated rings. The second kappa shape index (κ2) is 8.51. The van der Waals surface area contributed by atoms with Crippen LogP contribution in [0, 0.1) is 0 Å². The van der Waals surface area contributed by atoms with Crippen LogP contribution in [0.25, 0.3) is 0 Å². The normalized spacial score (nSPS) is 10.5. The molecule has 2 aromatic rings. The predicted octanol–water partition coefficient (Wildman–Crippen LogP) is 2.89. The minimum atomic E-state index is -0.917. The fourth-order valence-electron chi connectivity index (χ4n) is 1.64. The monoisotopic (exact) mass is 290 g/mol. The van der Waals surface area contributed by atoms with Gasteiger partial charge in [0, 0.05) is 0 Å². The fraction of sp³-hybridized carbons (Fsp3) is 0.250. The van der Waals surface area contributed by atoms with Gasteiger partial charge in [-0.15, -0.1) is 0 Å². The van der Waals surface area contributed by atoms with Gasteiger partial charge in [-0.2, -0.15) is 0 Å². The van der Waals surface area contributed by atoms with Crippen LogP contribution in [0.2, 0.25) is 0 Å². The topological polar surface area (TPSA) is 41.5 Å². The Balaban J connectivity index is 1.58. The van der Waals surface area contributed by atoms with Gasteiger partial charge >= 0.3 is 0 Å². The first-order chi connectivity index (χ1) is 9.84. The Hall–Kier alpha value is -1.65. The smallest absolute Gasteiger partial charge is 0.139 e. The quantitative estimate of drug-likeness (QED) is 0.702. The van der Waals surface area contributed by atoms with Crippen molar-refractivity contribution in [3.05, 3.63) is 60.7 Å². The van der Waals surface area contributed by atoms with Gasteiger partial charge in [0.1, 0.15) is 36.2 Å². The number of hydrogen-bond donors (Lipinski definition) is 0. The summed E-state index contributed by atoms with van der Waals surface area (Å²) >= 11 is -0.917. The van der Waals surface area contributed by atoms with Crippen molar-refractivity contribution in [3.63, 3.8) is 0 Å². The van der Waals surface area contributed by atoms with Crippen molar-refractivity contribution in [2.24, 2.45) is 0 Å². The van der Waals surface area contributed by atoms with Crippen molar-refractivity contribution >= 4 is 11.2 Å². The maximum Gasteiger partial charge on any atom is 0.139 e. The van der Waals surface area contributed by atoms with Crippen LogP contribution in [0.1, 0.15) is 0 Å². The van der Waals surface area contributed by atoms with Crippen LogP contribution in [0.15, 0.2) is 60.7 Å². The minimum absolute atomic E-state index is 0.460. The van der Waals surface area contributed by atoms with Gasteiger partial charge < -0.3 is 14.0 Å². The van der Waals surface area contributed by atoms with Gasteiger partial charge in [-0.1, -0.05) is 36.4 Å². The molecular weight excluding hydrogens is 272 g/mol. The van der Waals surface area contributed by atoms with Crippen LogP contribution in [0.5, 0.6) is 11.5 Å². The fourth-order valence-corrected chi connectivity index (χ4v) is 2.38. The highest BCUT2D eigenvalue weighted by atomic mass is 32.2. The summed E-state index contributed by atoms with van der Waals surface area (Å²) in [6, 6.07) is 19.1. The first-order valence-electron chi connectivity index (χ1n) is 6.55. The SMILES string of the molecule is [O-][S+](CCOc1ccccc1)CCOc1ccccc1. The Morgan fingerprint density at radius 1 is 0.700 bits per heavy atom. The van der Waals surface area contributed by atoms with E-state index in [1.165, 1.54) is 0 Å². The second-order valence-electron chi connectivity index (χ2n) is 4.17. The Bertz CT molecular complexity index is 430. The lowest BCUT2D eigenvalue weighted by Crippen LogP contribution is -2.21. The molecule has 0 saturated carbocycles. The van der Waals surface area contributed by atoms with E-state index in [0.717, 1.165) is 11.5 Å². The number of hydrogen-bond acceptors (Lipinski definition) is 3. The average molecular weight is 290 g/mol. The van der Waals surface area contributed by atoms with Crippen molar-refractivity contribution in [3.8, 4) is 11.5 Å². The van der Waals surface area contributed by atoms with E-state index < -0.39 is 11.2 Å². The summed E-state index contributed by atoms with van der Waals surface area (Å²) in [6.07, 6.45) is 0. The van der Waals surface area contributed by atoms with Crippen molar-refractivity contribution in [2.75, 3.05) is 24.7 Å². The maximum absolute atomic E-state index is 11.8. The van der Waals surface area contributed by atoms with Crippen LogP contribution < -0.4 is 9.47 Å². The Labute approximate surface area is 122 Å². The van der Waals surface area contributed by atoms with Gasteiger partial charge in [-0.3, -0.25) is 0 Å². The summed E-state index contributed by atoms with van der Waals surface area (Å²) in [5.41, 5.74) is 0. The lowest BCUT2D eigenvalue weighted by molar-refractivity contribution is 0.333. The van der Waals surface area contributed by atoms with Gasteiger partial charge in [-0.05, 0) is 35.4 Å². The second-order valence-corrected chi connectivity index (χ2v) is 5.87. The van der Waals surface area contributed by atoms with Crippen LogP contribution in [-0.2, 0) is 11.2 Å². The lowest BCUT2D eigenvalue weighted by Gasteiger charge is -2.12. The van der Waals surface area contributed by atoms with Crippen molar-refractivity contribution < 1.29 is 14.0 Å². The molecule has 0 amide bonds. The third kappa shape index (κ3) is 5.55. The largest absolute Gasteiger partial charge is 0.616 e. The molecule has 0 spiro atoms. The van der Waals surface area contributed by atoms with E-state index in [0.29, 0.717) is 24.7 Å². The molecular formula is C16H18O3S. The molecule has 0 unspecified atom stereocenters. The molecule has 0 aliphatic carbocycles. The highest BCUT2D eigenvalue weighted by molar-refractivity contribution is 7.91. The van der Waals surface area contributed by atoms with E-state index in [-0.39, 0.29) is 0 Å². The van der Waals surface area contributed by atoms with Crippen LogP contribution in [0.3, 0.4) is 0 Å². The molecule has 20 heavy (non-hydrogen) atoms.